The van der Waals surface area contributed by atoms with Crippen molar-refractivity contribution in [3.05, 3.63) is 71.1 Å². The molecule has 5 nitrogen and oxygen atoms in total. The maximum Gasteiger partial charge on any atom is 0.123 e. The number of aliphatic hydroxyl groups is 1. The summed E-state index contributed by atoms with van der Waals surface area (Å²) in [4.78, 5) is 0. The first-order chi connectivity index (χ1) is 13.6. The van der Waals surface area contributed by atoms with Crippen molar-refractivity contribution >= 4 is 11.6 Å². The molecule has 148 valence electrons. The molecule has 1 unspecified atom stereocenters. The molecule has 0 aliphatic carbocycles. The zero-order valence-corrected chi connectivity index (χ0v) is 16.4. The van der Waals surface area contributed by atoms with Crippen LogP contribution < -0.4 is 5.32 Å². The lowest BCUT2D eigenvalue weighted by Crippen LogP contribution is -2.30. The lowest BCUT2D eigenvalue weighted by Gasteiger charge is -2.11. The zero-order chi connectivity index (χ0) is 19.9. The topological polar surface area (TPSA) is 59.3 Å². The summed E-state index contributed by atoms with van der Waals surface area (Å²) < 4.78 is 20.2. The maximum absolute atomic E-state index is 13.2. The predicted molar refractivity (Wildman–Crippen MR) is 108 cm³/mol. The Balaban J connectivity index is 1.84. The maximum atomic E-state index is 13.2. The fourth-order valence-electron chi connectivity index (χ4n) is 2.83. The number of rotatable bonds is 9. The van der Waals surface area contributed by atoms with Gasteiger partial charge < -0.3 is 15.2 Å². The molecule has 0 spiro atoms. The van der Waals surface area contributed by atoms with Gasteiger partial charge in [0, 0.05) is 37.0 Å². The van der Waals surface area contributed by atoms with Crippen molar-refractivity contribution in [2.24, 2.45) is 0 Å². The first-order valence-corrected chi connectivity index (χ1v) is 9.52. The summed E-state index contributed by atoms with van der Waals surface area (Å²) in [5, 5.41) is 18.4. The lowest BCUT2D eigenvalue weighted by molar-refractivity contribution is 0.0427. The van der Waals surface area contributed by atoms with Crippen LogP contribution in [0.4, 0.5) is 4.39 Å². The van der Waals surface area contributed by atoms with E-state index in [0.29, 0.717) is 24.7 Å². The second-order valence-corrected chi connectivity index (χ2v) is 6.76. The van der Waals surface area contributed by atoms with E-state index in [1.165, 1.54) is 12.1 Å². The molecule has 0 saturated carbocycles. The van der Waals surface area contributed by atoms with Gasteiger partial charge >= 0.3 is 0 Å². The molecule has 1 heterocycles. The summed E-state index contributed by atoms with van der Waals surface area (Å²) in [5.74, 6) is -0.299. The van der Waals surface area contributed by atoms with E-state index in [1.54, 1.807) is 16.8 Å². The summed E-state index contributed by atoms with van der Waals surface area (Å²) in [6, 6.07) is 13.6. The summed E-state index contributed by atoms with van der Waals surface area (Å²) in [5.41, 5.74) is 3.22. The number of ether oxygens (including phenoxy) is 1. The number of nitrogens with one attached hydrogen (secondary N) is 1. The highest BCUT2D eigenvalue weighted by atomic mass is 35.5. The third-order valence-electron chi connectivity index (χ3n) is 4.22. The SMILES string of the molecule is CCOCC(O)CNCc1cn(-c2ccc(F)cc2)nc1-c1ccccc1Cl. The molecular formula is C21H23ClFN3O2. The highest BCUT2D eigenvalue weighted by Crippen LogP contribution is 2.30. The van der Waals surface area contributed by atoms with Crippen molar-refractivity contribution in [2.75, 3.05) is 19.8 Å². The molecule has 0 saturated heterocycles. The van der Waals surface area contributed by atoms with Crippen molar-refractivity contribution in [3.8, 4) is 16.9 Å². The molecule has 28 heavy (non-hydrogen) atoms. The van der Waals surface area contributed by atoms with E-state index in [-0.39, 0.29) is 12.4 Å². The summed E-state index contributed by atoms with van der Waals surface area (Å²) in [7, 11) is 0. The van der Waals surface area contributed by atoms with E-state index in [4.69, 9.17) is 16.3 Å². The van der Waals surface area contributed by atoms with Gasteiger partial charge in [-0.2, -0.15) is 5.10 Å². The lowest BCUT2D eigenvalue weighted by atomic mass is 10.1. The number of halogens is 2. The smallest absolute Gasteiger partial charge is 0.123 e. The minimum atomic E-state index is -0.587. The second-order valence-electron chi connectivity index (χ2n) is 6.35. The Morgan fingerprint density at radius 1 is 1.21 bits per heavy atom. The van der Waals surface area contributed by atoms with Crippen LogP contribution in [0.3, 0.4) is 0 Å². The molecule has 2 N–H and O–H groups in total. The van der Waals surface area contributed by atoms with Gasteiger partial charge in [-0.3, -0.25) is 0 Å². The molecular weight excluding hydrogens is 381 g/mol. The number of hydrogen-bond acceptors (Lipinski definition) is 4. The fourth-order valence-corrected chi connectivity index (χ4v) is 3.06. The third-order valence-corrected chi connectivity index (χ3v) is 4.55. The van der Waals surface area contributed by atoms with Gasteiger partial charge in [0.1, 0.15) is 5.82 Å². The van der Waals surface area contributed by atoms with E-state index in [2.05, 4.69) is 10.4 Å². The third kappa shape index (κ3) is 5.17. The molecule has 0 aliphatic heterocycles. The van der Waals surface area contributed by atoms with Crippen LogP contribution in [-0.2, 0) is 11.3 Å². The standard InChI is InChI=1S/C21H23ClFN3O2/c1-2-28-14-18(27)12-24-11-15-13-26(17-9-7-16(23)8-10-17)25-21(15)19-5-3-4-6-20(19)22/h3-10,13,18,24,27H,2,11-12,14H2,1H3. The molecule has 0 fully saturated rings. The van der Waals surface area contributed by atoms with Gasteiger partial charge in [-0.15, -0.1) is 0 Å². The van der Waals surface area contributed by atoms with Gasteiger partial charge in [0.15, 0.2) is 0 Å². The van der Waals surface area contributed by atoms with Crippen molar-refractivity contribution in [1.29, 1.82) is 0 Å². The number of nitrogens with zero attached hydrogens (tertiary/aromatic N) is 2. The number of aromatic nitrogens is 2. The molecule has 1 atom stereocenters. The van der Waals surface area contributed by atoms with Crippen LogP contribution in [0, 0.1) is 5.82 Å². The average molecular weight is 404 g/mol. The Labute approximate surface area is 168 Å². The molecule has 0 bridgehead atoms. The summed E-state index contributed by atoms with van der Waals surface area (Å²) >= 11 is 6.37. The molecule has 7 heteroatoms. The van der Waals surface area contributed by atoms with Gasteiger partial charge in [-0.05, 0) is 37.3 Å². The quantitative estimate of drug-likeness (QED) is 0.570. The van der Waals surface area contributed by atoms with Crippen molar-refractivity contribution in [2.45, 2.75) is 19.6 Å². The first kappa shape index (κ1) is 20.5. The second kappa shape index (κ2) is 9.80. The van der Waals surface area contributed by atoms with Crippen LogP contribution in [0.2, 0.25) is 5.02 Å². The van der Waals surface area contributed by atoms with Gasteiger partial charge in [0.25, 0.3) is 0 Å². The number of benzene rings is 2. The molecule has 0 aliphatic rings. The highest BCUT2D eigenvalue weighted by molar-refractivity contribution is 6.33. The van der Waals surface area contributed by atoms with Crippen molar-refractivity contribution in [3.63, 3.8) is 0 Å². The van der Waals surface area contributed by atoms with E-state index in [9.17, 15) is 9.50 Å². The molecule has 0 radical (unpaired) electrons. The van der Waals surface area contributed by atoms with E-state index in [0.717, 1.165) is 22.5 Å². The Morgan fingerprint density at radius 2 is 1.96 bits per heavy atom. The largest absolute Gasteiger partial charge is 0.389 e. The van der Waals surface area contributed by atoms with Gasteiger partial charge in [-0.1, -0.05) is 29.8 Å². The minimum Gasteiger partial charge on any atom is -0.389 e. The Hall–Kier alpha value is -2.25. The van der Waals surface area contributed by atoms with Crippen LogP contribution in [-0.4, -0.2) is 40.7 Å². The average Bonchev–Trinajstić information content (AvgIpc) is 3.11. The highest BCUT2D eigenvalue weighted by Gasteiger charge is 2.15. The van der Waals surface area contributed by atoms with Gasteiger partial charge in [0.05, 0.1) is 29.1 Å². The van der Waals surface area contributed by atoms with Crippen LogP contribution in [0.25, 0.3) is 16.9 Å². The Bertz CT molecular complexity index is 899. The monoisotopic (exact) mass is 403 g/mol. The minimum absolute atomic E-state index is 0.287. The molecule has 3 aromatic rings. The summed E-state index contributed by atoms with van der Waals surface area (Å²) in [6.07, 6.45) is 1.30. The Morgan fingerprint density at radius 3 is 2.68 bits per heavy atom. The van der Waals surface area contributed by atoms with Crippen molar-refractivity contribution < 1.29 is 14.2 Å². The normalized spacial score (nSPS) is 12.3. The van der Waals surface area contributed by atoms with Crippen LogP contribution in [0.1, 0.15) is 12.5 Å². The Kier molecular flexibility index (Phi) is 7.17. The van der Waals surface area contributed by atoms with Gasteiger partial charge in [0.2, 0.25) is 0 Å². The molecule has 0 amide bonds. The first-order valence-electron chi connectivity index (χ1n) is 9.14. The predicted octanol–water partition coefficient (Wildman–Crippen LogP) is 3.82. The molecule has 1 aromatic heterocycles. The fraction of sp³-hybridized carbons (Fsp3) is 0.286. The van der Waals surface area contributed by atoms with E-state index < -0.39 is 6.10 Å². The van der Waals surface area contributed by atoms with Crippen molar-refractivity contribution in [1.82, 2.24) is 15.1 Å². The van der Waals surface area contributed by atoms with E-state index >= 15 is 0 Å². The van der Waals surface area contributed by atoms with E-state index in [1.807, 2.05) is 37.4 Å². The number of aliphatic hydroxyl groups excluding tert-OH is 1. The molecule has 3 rings (SSSR count). The van der Waals surface area contributed by atoms with Gasteiger partial charge in [-0.25, -0.2) is 9.07 Å². The van der Waals surface area contributed by atoms with Crippen LogP contribution >= 0.6 is 11.6 Å². The molecule has 2 aromatic carbocycles. The zero-order valence-electron chi connectivity index (χ0n) is 15.6. The summed E-state index contributed by atoms with van der Waals surface area (Å²) in [6.45, 7) is 3.63. The van der Waals surface area contributed by atoms with Crippen LogP contribution in [0.5, 0.6) is 0 Å². The van der Waals surface area contributed by atoms with Crippen LogP contribution in [0.15, 0.2) is 54.7 Å². The number of hydrogen-bond donors (Lipinski definition) is 2.